The number of nitrogens with one attached hydrogen (secondary N) is 1. The number of hydrogen-bond donors (Lipinski definition) is 2. The van der Waals surface area contributed by atoms with Gasteiger partial charge in [-0.1, -0.05) is 80.1 Å². The van der Waals surface area contributed by atoms with E-state index in [4.69, 9.17) is 21.1 Å². The zero-order chi connectivity index (χ0) is 35.5. The second kappa shape index (κ2) is 15.3. The summed E-state index contributed by atoms with van der Waals surface area (Å²) in [6.07, 6.45) is 3.27. The summed E-state index contributed by atoms with van der Waals surface area (Å²) in [7, 11) is 0. The minimum absolute atomic E-state index is 0.109. The largest absolute Gasteiger partial charge is 0.455 e. The number of para-hydroxylation sites is 1. The van der Waals surface area contributed by atoms with Crippen molar-refractivity contribution in [2.75, 3.05) is 18.1 Å². The number of halogens is 1. The summed E-state index contributed by atoms with van der Waals surface area (Å²) < 4.78 is 12.9. The van der Waals surface area contributed by atoms with Crippen molar-refractivity contribution in [3.63, 3.8) is 0 Å². The minimum atomic E-state index is -1.34. The summed E-state index contributed by atoms with van der Waals surface area (Å²) >= 11 is 6.57. The van der Waals surface area contributed by atoms with Gasteiger partial charge in [0, 0.05) is 13.0 Å². The van der Waals surface area contributed by atoms with Gasteiger partial charge in [-0.15, -0.1) is 13.2 Å². The van der Waals surface area contributed by atoms with E-state index in [1.54, 1.807) is 43.3 Å². The molecule has 49 heavy (non-hydrogen) atoms. The van der Waals surface area contributed by atoms with Crippen molar-refractivity contribution in [3.8, 4) is 0 Å². The van der Waals surface area contributed by atoms with E-state index >= 15 is 0 Å². The van der Waals surface area contributed by atoms with Gasteiger partial charge in [-0.2, -0.15) is 0 Å². The predicted molar refractivity (Wildman–Crippen MR) is 186 cm³/mol. The molecule has 2 N–H and O–H groups in total. The van der Waals surface area contributed by atoms with Crippen LogP contribution in [0.15, 0.2) is 79.9 Å². The van der Waals surface area contributed by atoms with Crippen LogP contribution in [0.2, 0.25) is 5.02 Å². The van der Waals surface area contributed by atoms with Gasteiger partial charge in [-0.3, -0.25) is 19.2 Å². The number of likely N-dealkylation sites (tertiary alicyclic amines) is 1. The average molecular weight is 692 g/mol. The molecular formula is C38H46ClN3O7. The van der Waals surface area contributed by atoms with Gasteiger partial charge >= 0.3 is 5.97 Å². The van der Waals surface area contributed by atoms with Gasteiger partial charge in [-0.25, -0.2) is 0 Å². The van der Waals surface area contributed by atoms with Gasteiger partial charge in [0.15, 0.2) is 0 Å². The van der Waals surface area contributed by atoms with Crippen molar-refractivity contribution in [3.05, 3.63) is 90.5 Å². The fourth-order valence-corrected chi connectivity index (χ4v) is 8.05. The number of aliphatic hydroxyl groups excluding tert-OH is 1. The van der Waals surface area contributed by atoms with E-state index in [1.807, 2.05) is 44.2 Å². The number of esters is 1. The highest BCUT2D eigenvalue weighted by Crippen LogP contribution is 2.59. The van der Waals surface area contributed by atoms with Gasteiger partial charge < -0.3 is 29.7 Å². The standard InChI is InChI=1S/C38H46ClN3O7/c1-6-8-18-30(44)40-24(5)33(25-14-10-9-11-15-25)48-37(47)31-29-19-20-38(49-29)32(31)35(45)42(28(22-43)23(3)4)34(38)36(46)41(21-7-2)27-17-13-12-16-26(27)39/h6-7,9-17,23-24,28-29,31-34,43H,1-2,8,18-22H2,3-5H3,(H,40,44)/t24-,28-,29-,31+,32+,33-,34-,38+/m0/s1. The minimum Gasteiger partial charge on any atom is -0.455 e. The quantitative estimate of drug-likeness (QED) is 0.199. The molecule has 2 aromatic carbocycles. The molecule has 1 spiro atoms. The van der Waals surface area contributed by atoms with Gasteiger partial charge in [0.1, 0.15) is 17.7 Å². The Labute approximate surface area is 293 Å². The molecule has 3 aliphatic rings. The highest BCUT2D eigenvalue weighted by molar-refractivity contribution is 6.34. The number of benzene rings is 2. The lowest BCUT2D eigenvalue weighted by Gasteiger charge is -2.40. The van der Waals surface area contributed by atoms with Crippen LogP contribution in [0.3, 0.4) is 0 Å². The summed E-state index contributed by atoms with van der Waals surface area (Å²) in [6, 6.07) is 13.6. The Hall–Kier alpha value is -3.99. The number of carbonyl (C=O) groups is 4. The first-order chi connectivity index (χ1) is 23.5. The molecule has 5 rings (SSSR count). The molecule has 3 heterocycles. The zero-order valence-electron chi connectivity index (χ0n) is 28.3. The van der Waals surface area contributed by atoms with Crippen LogP contribution in [-0.2, 0) is 28.7 Å². The van der Waals surface area contributed by atoms with Crippen molar-refractivity contribution in [2.45, 2.75) is 82.4 Å². The monoisotopic (exact) mass is 691 g/mol. The maximum atomic E-state index is 14.8. The molecule has 0 aromatic heterocycles. The Morgan fingerprint density at radius 2 is 1.82 bits per heavy atom. The molecule has 0 unspecified atom stereocenters. The molecule has 0 saturated carbocycles. The Bertz CT molecular complexity index is 1570. The van der Waals surface area contributed by atoms with Gasteiger partial charge in [0.2, 0.25) is 11.8 Å². The van der Waals surface area contributed by atoms with E-state index in [-0.39, 0.29) is 31.4 Å². The molecule has 8 atom stereocenters. The van der Waals surface area contributed by atoms with Crippen LogP contribution < -0.4 is 10.2 Å². The van der Waals surface area contributed by atoms with Gasteiger partial charge in [0.05, 0.1) is 47.3 Å². The van der Waals surface area contributed by atoms with E-state index in [2.05, 4.69) is 18.5 Å². The number of hydrogen-bond acceptors (Lipinski definition) is 7. The summed E-state index contributed by atoms with van der Waals surface area (Å²) in [4.78, 5) is 59.4. The van der Waals surface area contributed by atoms with Crippen LogP contribution in [0.4, 0.5) is 5.69 Å². The van der Waals surface area contributed by atoms with E-state index in [9.17, 15) is 24.3 Å². The van der Waals surface area contributed by atoms with Gasteiger partial charge in [0.25, 0.3) is 5.91 Å². The number of ether oxygens (including phenoxy) is 2. The van der Waals surface area contributed by atoms with Crippen molar-refractivity contribution < 1.29 is 33.8 Å². The second-order valence-electron chi connectivity index (χ2n) is 13.4. The summed E-state index contributed by atoms with van der Waals surface area (Å²) in [5, 5.41) is 13.9. The lowest BCUT2D eigenvalue weighted by Crippen LogP contribution is -2.59. The molecule has 0 aliphatic carbocycles. The first-order valence-electron chi connectivity index (χ1n) is 16.9. The van der Waals surface area contributed by atoms with Crippen LogP contribution in [0.1, 0.15) is 58.1 Å². The number of allylic oxidation sites excluding steroid dienone is 1. The van der Waals surface area contributed by atoms with Crippen LogP contribution in [0, 0.1) is 17.8 Å². The topological polar surface area (TPSA) is 125 Å². The van der Waals surface area contributed by atoms with Crippen molar-refractivity contribution in [1.82, 2.24) is 10.2 Å². The third-order valence-corrected chi connectivity index (χ3v) is 10.4. The van der Waals surface area contributed by atoms with Gasteiger partial charge in [-0.05, 0) is 49.8 Å². The smallest absolute Gasteiger partial charge is 0.313 e. The molecule has 10 nitrogen and oxygen atoms in total. The van der Waals surface area contributed by atoms with Crippen LogP contribution >= 0.6 is 11.6 Å². The highest BCUT2D eigenvalue weighted by atomic mass is 35.5. The molecular weight excluding hydrogens is 646 g/mol. The summed E-state index contributed by atoms with van der Waals surface area (Å²) in [6.45, 7) is 12.7. The van der Waals surface area contributed by atoms with Crippen LogP contribution in [0.5, 0.6) is 0 Å². The molecule has 0 radical (unpaired) electrons. The Kier molecular flexibility index (Phi) is 11.3. The number of anilines is 1. The fourth-order valence-electron chi connectivity index (χ4n) is 7.81. The van der Waals surface area contributed by atoms with E-state index in [0.717, 1.165) is 0 Å². The lowest BCUT2D eigenvalue weighted by molar-refractivity contribution is -0.162. The number of fused-ring (bicyclic) bond motifs is 1. The third kappa shape index (κ3) is 6.78. The molecule has 3 aliphatic heterocycles. The van der Waals surface area contributed by atoms with Crippen molar-refractivity contribution in [1.29, 1.82) is 0 Å². The molecule has 11 heteroatoms. The average Bonchev–Trinajstić information content (AvgIpc) is 3.73. The maximum Gasteiger partial charge on any atom is 0.313 e. The number of aliphatic hydroxyl groups is 1. The number of nitrogens with zero attached hydrogens (tertiary/aromatic N) is 2. The fraction of sp³-hybridized carbons (Fsp3) is 0.474. The van der Waals surface area contributed by atoms with E-state index in [0.29, 0.717) is 35.5 Å². The second-order valence-corrected chi connectivity index (χ2v) is 13.8. The first kappa shape index (κ1) is 36.3. The third-order valence-electron chi connectivity index (χ3n) is 10.1. The Morgan fingerprint density at radius 1 is 1.12 bits per heavy atom. The van der Waals surface area contributed by atoms with E-state index in [1.165, 1.54) is 9.80 Å². The highest BCUT2D eigenvalue weighted by Gasteiger charge is 2.76. The zero-order valence-corrected chi connectivity index (χ0v) is 29.1. The summed E-state index contributed by atoms with van der Waals surface area (Å²) in [5.74, 6) is -3.96. The Morgan fingerprint density at radius 3 is 2.45 bits per heavy atom. The maximum absolute atomic E-state index is 14.8. The summed E-state index contributed by atoms with van der Waals surface area (Å²) in [5.41, 5.74) is -0.207. The van der Waals surface area contributed by atoms with Crippen LogP contribution in [0.25, 0.3) is 0 Å². The number of rotatable bonds is 15. The molecule has 3 amide bonds. The van der Waals surface area contributed by atoms with Crippen molar-refractivity contribution >= 4 is 41.0 Å². The number of amides is 3. The molecule has 2 aromatic rings. The number of carbonyl (C=O) groups excluding carboxylic acids is 4. The molecule has 262 valence electrons. The lowest BCUT2D eigenvalue weighted by atomic mass is 9.70. The molecule has 2 bridgehead atoms. The SMILES string of the molecule is C=CCCC(=O)N[C@@H](C)[C@H](OC(=O)[C@@H]1[C@@H]2CC[C@]3(O2)[C@H](C(=O)N(CC=C)c2ccccc2Cl)N([C@@H](CO)C(C)C)C(=O)[C@@H]13)c1ccccc1. The van der Waals surface area contributed by atoms with Crippen molar-refractivity contribution in [2.24, 2.45) is 17.8 Å². The predicted octanol–water partition coefficient (Wildman–Crippen LogP) is 5.01. The van der Waals surface area contributed by atoms with E-state index < -0.39 is 65.6 Å². The van der Waals surface area contributed by atoms with Crippen LogP contribution in [-0.4, -0.2) is 76.7 Å². The molecule has 3 saturated heterocycles. The molecule has 3 fully saturated rings. The normalized spacial score (nSPS) is 25.8. The Balaban J connectivity index is 1.52. The first-order valence-corrected chi connectivity index (χ1v) is 17.3.